The Morgan fingerprint density at radius 2 is 1.38 bits per heavy atom. The molecule has 2 aliphatic heterocycles. The fourth-order valence-corrected chi connectivity index (χ4v) is 7.82. The molecule has 0 saturated heterocycles. The second-order valence-electron chi connectivity index (χ2n) is 15.2. The van der Waals surface area contributed by atoms with Crippen LogP contribution in [0.25, 0.3) is 33.7 Å². The molecule has 0 unspecified atom stereocenters. The Morgan fingerprint density at radius 1 is 0.792 bits per heavy atom. The molecule has 284 valence electrons. The predicted octanol–water partition coefficient (Wildman–Crippen LogP) is 8.58. The van der Waals surface area contributed by atoms with Crippen LogP contribution in [-0.4, -0.2) is 71.0 Å². The van der Waals surface area contributed by atoms with E-state index in [4.69, 9.17) is 19.4 Å². The number of aromatic nitrogens is 4. The number of hydrogen-bond donors (Lipinski definition) is 2. The number of carbonyl (C=O) groups is 3. The quantitative estimate of drug-likeness (QED) is 0.126. The van der Waals surface area contributed by atoms with Gasteiger partial charge in [-0.3, -0.25) is 19.4 Å². The number of H-pyrrole nitrogens is 2. The lowest BCUT2D eigenvalue weighted by Gasteiger charge is -2.32. The maximum absolute atomic E-state index is 13.6. The van der Waals surface area contributed by atoms with E-state index in [0.29, 0.717) is 19.3 Å². The van der Waals surface area contributed by atoms with E-state index in [9.17, 15) is 14.4 Å². The highest BCUT2D eigenvalue weighted by Gasteiger charge is 2.44. The smallest absolute Gasteiger partial charge is 0.305 e. The zero-order valence-electron chi connectivity index (χ0n) is 33.1. The molecule has 5 rings (SSSR count). The second-order valence-corrected chi connectivity index (χ2v) is 15.2. The van der Waals surface area contributed by atoms with Gasteiger partial charge < -0.3 is 24.3 Å². The van der Waals surface area contributed by atoms with E-state index in [0.717, 1.165) is 91.9 Å². The number of allylic oxidation sites excluding steroid dienone is 1. The van der Waals surface area contributed by atoms with Gasteiger partial charge in [-0.15, -0.1) is 0 Å². The summed E-state index contributed by atoms with van der Waals surface area (Å²) in [5.41, 5.74) is 11.5. The molecule has 10 heteroatoms. The van der Waals surface area contributed by atoms with Gasteiger partial charge in [-0.2, -0.15) is 0 Å². The number of esters is 2. The van der Waals surface area contributed by atoms with Gasteiger partial charge in [0.15, 0.2) is 0 Å². The molecule has 0 aromatic carbocycles. The monoisotopic (exact) mass is 723 g/mol. The number of methoxy groups -OCH3 is 2. The van der Waals surface area contributed by atoms with Gasteiger partial charge >= 0.3 is 11.9 Å². The summed E-state index contributed by atoms with van der Waals surface area (Å²) in [4.78, 5) is 57.7. The summed E-state index contributed by atoms with van der Waals surface area (Å²) >= 11 is 0. The van der Waals surface area contributed by atoms with E-state index >= 15 is 0 Å². The van der Waals surface area contributed by atoms with Crippen LogP contribution in [0.4, 0.5) is 0 Å². The Morgan fingerprint density at radius 3 is 1.94 bits per heavy atom. The lowest BCUT2D eigenvalue weighted by atomic mass is 9.70. The fourth-order valence-electron chi connectivity index (χ4n) is 7.82. The number of aromatic amines is 2. The summed E-state index contributed by atoms with van der Waals surface area (Å²) < 4.78 is 10.0. The molecule has 0 spiro atoms. The van der Waals surface area contributed by atoms with Gasteiger partial charge in [-0.1, -0.05) is 46.0 Å². The molecule has 10 nitrogen and oxygen atoms in total. The van der Waals surface area contributed by atoms with Crippen molar-refractivity contribution in [3.05, 3.63) is 69.3 Å². The minimum Gasteiger partial charge on any atom is -0.469 e. The first-order valence-electron chi connectivity index (χ1n) is 19.1. The van der Waals surface area contributed by atoms with Crippen molar-refractivity contribution < 1.29 is 23.9 Å². The number of ether oxygens (including phenoxy) is 2. The fraction of sp³-hybridized carbons (Fsp3) is 0.512. The average Bonchev–Trinajstić information content (AvgIpc) is 3.79. The molecular weight excluding hydrogens is 667 g/mol. The van der Waals surface area contributed by atoms with Crippen molar-refractivity contribution in [2.45, 2.75) is 117 Å². The minimum absolute atomic E-state index is 0.0174. The Hall–Kier alpha value is -4.73. The van der Waals surface area contributed by atoms with Crippen LogP contribution in [-0.2, 0) is 42.1 Å². The topological polar surface area (TPSA) is 130 Å². The SMILES string of the molecule is CCCCCCC[C@@H]1c2cc3nc(cc4[nH]c(cc5[nH]c(cc(n2)[C@@]1(C)CC(=O)N(C)C)c(C)c5CCC(=O)OC)c(CCC(=O)OC)c4C)C=C3C. The molecule has 53 heavy (non-hydrogen) atoms. The maximum atomic E-state index is 13.6. The van der Waals surface area contributed by atoms with E-state index in [1.807, 2.05) is 14.1 Å². The van der Waals surface area contributed by atoms with Gasteiger partial charge in [0.05, 0.1) is 25.6 Å². The number of nitrogens with zero attached hydrogens (tertiary/aromatic N) is 3. The van der Waals surface area contributed by atoms with Crippen molar-refractivity contribution in [3.63, 3.8) is 0 Å². The van der Waals surface area contributed by atoms with E-state index < -0.39 is 5.41 Å². The van der Waals surface area contributed by atoms with Gasteiger partial charge in [-0.25, -0.2) is 4.98 Å². The number of fused-ring (bicyclic) bond motifs is 8. The van der Waals surface area contributed by atoms with Crippen LogP contribution in [0.3, 0.4) is 0 Å². The molecule has 0 saturated carbocycles. The Kier molecular flexibility index (Phi) is 12.6. The molecule has 3 aromatic heterocycles. The third-order valence-electron chi connectivity index (χ3n) is 11.3. The highest BCUT2D eigenvalue weighted by Crippen LogP contribution is 2.48. The third-order valence-corrected chi connectivity index (χ3v) is 11.3. The Bertz CT molecular complexity index is 2050. The normalized spacial score (nSPS) is 16.7. The van der Waals surface area contributed by atoms with Crippen LogP contribution in [0.15, 0.2) is 24.3 Å². The van der Waals surface area contributed by atoms with Gasteiger partial charge in [0.2, 0.25) is 5.91 Å². The number of nitrogens with one attached hydrogen (secondary N) is 2. The van der Waals surface area contributed by atoms with Crippen molar-refractivity contribution in [1.29, 1.82) is 0 Å². The number of hydrogen-bond acceptors (Lipinski definition) is 7. The molecule has 0 radical (unpaired) electrons. The zero-order valence-corrected chi connectivity index (χ0v) is 33.1. The molecule has 3 aromatic rings. The molecule has 1 amide bonds. The van der Waals surface area contributed by atoms with Crippen molar-refractivity contribution in [1.82, 2.24) is 24.8 Å². The summed E-state index contributed by atoms with van der Waals surface area (Å²) in [5.74, 6) is -0.480. The Labute approximate surface area is 313 Å². The van der Waals surface area contributed by atoms with Gasteiger partial charge in [0, 0.05) is 78.1 Å². The van der Waals surface area contributed by atoms with Crippen LogP contribution in [0.2, 0.25) is 0 Å². The van der Waals surface area contributed by atoms with Gasteiger partial charge in [-0.05, 0) is 98.2 Å². The molecule has 2 atom stereocenters. The number of amides is 1. The zero-order chi connectivity index (χ0) is 38.4. The first-order chi connectivity index (χ1) is 25.3. The minimum atomic E-state index is -0.568. The maximum Gasteiger partial charge on any atom is 0.305 e. The first-order valence-corrected chi connectivity index (χ1v) is 19.1. The molecule has 2 N–H and O–H groups in total. The predicted molar refractivity (Wildman–Crippen MR) is 211 cm³/mol. The van der Waals surface area contributed by atoms with Crippen LogP contribution >= 0.6 is 0 Å². The lowest BCUT2D eigenvalue weighted by Crippen LogP contribution is -2.34. The summed E-state index contributed by atoms with van der Waals surface area (Å²) in [6, 6.07) is 8.37. The molecular formula is C43H57N5O5. The summed E-state index contributed by atoms with van der Waals surface area (Å²) in [7, 11) is 6.44. The standard InChI is InChI=1S/C43H57N5O5/c1-10-11-12-13-14-15-32-38-22-33-26(2)20-29(44-33)21-34-27(3)30(16-18-41(50)52-8)36(45-34)23-37-31(17-19-42(51)53-9)28(4)35(46-37)24-39(47-38)43(32,5)25-40(49)48(6)7/h20-24,32,45-46H,10-19,25H2,1-9H3/t32-,43+/m1/s1. The van der Waals surface area contributed by atoms with E-state index in [-0.39, 0.29) is 36.6 Å². The molecule has 0 fully saturated rings. The third kappa shape index (κ3) is 8.74. The van der Waals surface area contributed by atoms with Crippen molar-refractivity contribution in [3.8, 4) is 0 Å². The number of carbonyl (C=O) groups excluding carboxylic acids is 3. The van der Waals surface area contributed by atoms with Crippen molar-refractivity contribution >= 4 is 51.6 Å². The van der Waals surface area contributed by atoms with Crippen LogP contribution in [0.1, 0.15) is 130 Å². The number of aryl methyl sites for hydroxylation is 4. The number of rotatable bonds is 14. The molecule has 0 aliphatic carbocycles. The lowest BCUT2D eigenvalue weighted by molar-refractivity contribution is -0.141. The molecule has 2 aliphatic rings. The van der Waals surface area contributed by atoms with Gasteiger partial charge in [0.1, 0.15) is 0 Å². The van der Waals surface area contributed by atoms with Crippen LogP contribution in [0, 0.1) is 13.8 Å². The van der Waals surface area contributed by atoms with E-state index in [2.05, 4.69) is 74.9 Å². The Balaban J connectivity index is 1.84. The first kappa shape index (κ1) is 39.5. The average molecular weight is 724 g/mol. The van der Waals surface area contributed by atoms with Gasteiger partial charge in [0.25, 0.3) is 0 Å². The molecule has 8 bridgehead atoms. The highest BCUT2D eigenvalue weighted by molar-refractivity contribution is 5.85. The van der Waals surface area contributed by atoms with Crippen LogP contribution < -0.4 is 0 Å². The molecule has 5 heterocycles. The number of unbranched alkanes of at least 4 members (excludes halogenated alkanes) is 4. The second kappa shape index (κ2) is 16.9. The summed E-state index contributed by atoms with van der Waals surface area (Å²) in [6.45, 7) is 10.6. The van der Waals surface area contributed by atoms with Crippen LogP contribution in [0.5, 0.6) is 0 Å². The largest absolute Gasteiger partial charge is 0.469 e. The van der Waals surface area contributed by atoms with Crippen molar-refractivity contribution in [2.75, 3.05) is 28.3 Å². The summed E-state index contributed by atoms with van der Waals surface area (Å²) in [6.07, 6.45) is 10.5. The highest BCUT2D eigenvalue weighted by atomic mass is 16.5. The van der Waals surface area contributed by atoms with E-state index in [1.165, 1.54) is 33.5 Å². The van der Waals surface area contributed by atoms with Crippen molar-refractivity contribution in [2.24, 2.45) is 0 Å². The summed E-state index contributed by atoms with van der Waals surface area (Å²) in [5, 5.41) is 0. The van der Waals surface area contributed by atoms with E-state index in [1.54, 1.807) is 4.90 Å².